The number of pyridine rings is 1. The quantitative estimate of drug-likeness (QED) is 0.593. The fraction of sp³-hybridized carbons (Fsp3) is 0.353. The van der Waals surface area contributed by atoms with Crippen LogP contribution in [0.3, 0.4) is 0 Å². The molecule has 1 saturated heterocycles. The van der Waals surface area contributed by atoms with Gasteiger partial charge in [0.2, 0.25) is 5.43 Å². The van der Waals surface area contributed by atoms with Crippen molar-refractivity contribution in [3.8, 4) is 0 Å². The SMILES string of the molecule is CCOC(=O)c1cn(N2CC2(C)C(=O)OC)c2cc(Cl)c(F)cc2c1=O. The Hall–Kier alpha value is -2.61. The first-order chi connectivity index (χ1) is 12.2. The Balaban J connectivity index is 2.26. The monoisotopic (exact) mass is 382 g/mol. The number of carbonyl (C=O) groups is 2. The molecule has 1 unspecified atom stereocenters. The van der Waals surface area contributed by atoms with E-state index in [2.05, 4.69) is 0 Å². The Morgan fingerprint density at radius 2 is 2.08 bits per heavy atom. The molecule has 7 nitrogen and oxygen atoms in total. The summed E-state index contributed by atoms with van der Waals surface area (Å²) in [6, 6.07) is 2.25. The zero-order valence-corrected chi connectivity index (χ0v) is 15.1. The van der Waals surface area contributed by atoms with Crippen LogP contribution in [-0.2, 0) is 14.3 Å². The lowest BCUT2D eigenvalue weighted by molar-refractivity contribution is -0.142. The average Bonchev–Trinajstić information content (AvgIpc) is 3.29. The maximum absolute atomic E-state index is 13.9. The summed E-state index contributed by atoms with van der Waals surface area (Å²) in [6.07, 6.45) is 1.27. The molecule has 0 aliphatic carbocycles. The van der Waals surface area contributed by atoms with Crippen molar-refractivity contribution < 1.29 is 23.5 Å². The minimum atomic E-state index is -0.969. The van der Waals surface area contributed by atoms with Crippen molar-refractivity contribution in [2.24, 2.45) is 0 Å². The van der Waals surface area contributed by atoms with Crippen molar-refractivity contribution in [2.75, 3.05) is 25.3 Å². The summed E-state index contributed by atoms with van der Waals surface area (Å²) >= 11 is 5.86. The van der Waals surface area contributed by atoms with Crippen LogP contribution in [-0.4, -0.2) is 42.4 Å². The number of ether oxygens (including phenoxy) is 2. The van der Waals surface area contributed by atoms with Crippen LogP contribution in [0.2, 0.25) is 5.02 Å². The number of hydrogen-bond acceptors (Lipinski definition) is 6. The first kappa shape index (κ1) is 18.2. The molecule has 26 heavy (non-hydrogen) atoms. The van der Waals surface area contributed by atoms with Crippen LogP contribution in [0.4, 0.5) is 4.39 Å². The lowest BCUT2D eigenvalue weighted by atomic mass is 10.1. The van der Waals surface area contributed by atoms with Gasteiger partial charge >= 0.3 is 11.9 Å². The molecule has 3 rings (SSSR count). The van der Waals surface area contributed by atoms with Gasteiger partial charge in [0.15, 0.2) is 5.54 Å². The van der Waals surface area contributed by atoms with Crippen molar-refractivity contribution in [2.45, 2.75) is 19.4 Å². The lowest BCUT2D eigenvalue weighted by Gasteiger charge is -2.18. The van der Waals surface area contributed by atoms with Gasteiger partial charge in [-0.15, -0.1) is 0 Å². The van der Waals surface area contributed by atoms with E-state index < -0.39 is 28.7 Å². The van der Waals surface area contributed by atoms with Gasteiger partial charge in [-0.3, -0.25) is 14.5 Å². The van der Waals surface area contributed by atoms with Crippen molar-refractivity contribution >= 4 is 34.4 Å². The highest BCUT2D eigenvalue weighted by Gasteiger charge is 2.56. The summed E-state index contributed by atoms with van der Waals surface area (Å²) in [5.74, 6) is -2.09. The lowest BCUT2D eigenvalue weighted by Crippen LogP contribution is -2.33. The molecule has 2 heterocycles. The zero-order valence-electron chi connectivity index (χ0n) is 14.3. The maximum Gasteiger partial charge on any atom is 0.343 e. The number of halogens is 2. The van der Waals surface area contributed by atoms with E-state index >= 15 is 0 Å². The number of rotatable bonds is 4. The Morgan fingerprint density at radius 1 is 1.38 bits per heavy atom. The number of esters is 2. The molecule has 0 amide bonds. The van der Waals surface area contributed by atoms with E-state index in [1.165, 1.54) is 24.0 Å². The predicted molar refractivity (Wildman–Crippen MR) is 92.6 cm³/mol. The third-order valence-electron chi connectivity index (χ3n) is 4.33. The molecule has 1 aliphatic heterocycles. The highest BCUT2D eigenvalue weighted by atomic mass is 35.5. The molecule has 0 radical (unpaired) electrons. The molecule has 2 aromatic rings. The Morgan fingerprint density at radius 3 is 2.69 bits per heavy atom. The molecule has 1 aliphatic rings. The van der Waals surface area contributed by atoms with Gasteiger partial charge in [0.1, 0.15) is 11.4 Å². The van der Waals surface area contributed by atoms with Crippen LogP contribution < -0.4 is 10.4 Å². The highest BCUT2D eigenvalue weighted by Crippen LogP contribution is 2.33. The Kier molecular flexibility index (Phi) is 4.39. The van der Waals surface area contributed by atoms with E-state index in [1.54, 1.807) is 18.9 Å². The fourth-order valence-corrected chi connectivity index (χ4v) is 2.98. The van der Waals surface area contributed by atoms with Crippen LogP contribution in [0, 0.1) is 5.82 Å². The topological polar surface area (TPSA) is 77.6 Å². The molecule has 9 heteroatoms. The first-order valence-corrected chi connectivity index (χ1v) is 8.20. The summed E-state index contributed by atoms with van der Waals surface area (Å²) < 4.78 is 25.0. The van der Waals surface area contributed by atoms with Gasteiger partial charge in [-0.2, -0.15) is 0 Å². The van der Waals surface area contributed by atoms with Gasteiger partial charge in [-0.25, -0.2) is 14.0 Å². The minimum absolute atomic E-state index is 0.0448. The molecule has 1 aromatic carbocycles. The van der Waals surface area contributed by atoms with E-state index in [0.29, 0.717) is 0 Å². The maximum atomic E-state index is 13.9. The van der Waals surface area contributed by atoms with Crippen molar-refractivity contribution in [3.63, 3.8) is 0 Å². The molecule has 0 bridgehead atoms. The second-order valence-electron chi connectivity index (χ2n) is 6.04. The van der Waals surface area contributed by atoms with E-state index in [9.17, 15) is 18.8 Å². The second-order valence-corrected chi connectivity index (χ2v) is 6.45. The number of methoxy groups -OCH3 is 1. The number of carbonyl (C=O) groups excluding carboxylic acids is 2. The van der Waals surface area contributed by atoms with Gasteiger partial charge < -0.3 is 9.47 Å². The van der Waals surface area contributed by atoms with Crippen LogP contribution in [0.15, 0.2) is 23.1 Å². The molecule has 0 N–H and O–H groups in total. The third-order valence-corrected chi connectivity index (χ3v) is 4.62. The number of benzene rings is 1. The minimum Gasteiger partial charge on any atom is -0.467 e. The average molecular weight is 383 g/mol. The summed E-state index contributed by atoms with van der Waals surface area (Å²) in [4.78, 5) is 36.8. The summed E-state index contributed by atoms with van der Waals surface area (Å²) in [6.45, 7) is 3.62. The number of nitrogens with zero attached hydrogens (tertiary/aromatic N) is 2. The molecular weight excluding hydrogens is 367 g/mol. The molecule has 1 fully saturated rings. The van der Waals surface area contributed by atoms with Crippen molar-refractivity contribution in [1.82, 2.24) is 4.68 Å². The van der Waals surface area contributed by atoms with Crippen molar-refractivity contribution in [1.29, 1.82) is 0 Å². The van der Waals surface area contributed by atoms with Gasteiger partial charge in [-0.05, 0) is 26.0 Å². The fourth-order valence-electron chi connectivity index (χ4n) is 2.82. The Labute approximate surface area is 152 Å². The molecular formula is C17H16ClFN2O5. The highest BCUT2D eigenvalue weighted by molar-refractivity contribution is 6.31. The summed E-state index contributed by atoms with van der Waals surface area (Å²) in [5, 5.41) is 1.35. The Bertz CT molecular complexity index is 989. The first-order valence-electron chi connectivity index (χ1n) is 7.82. The molecule has 138 valence electrons. The molecule has 0 spiro atoms. The number of fused-ring (bicyclic) bond motifs is 1. The van der Waals surface area contributed by atoms with Crippen LogP contribution in [0.25, 0.3) is 10.9 Å². The van der Waals surface area contributed by atoms with Gasteiger partial charge in [0.05, 0.1) is 36.2 Å². The number of hydrogen-bond donors (Lipinski definition) is 0. The van der Waals surface area contributed by atoms with Crippen LogP contribution >= 0.6 is 11.6 Å². The largest absolute Gasteiger partial charge is 0.467 e. The van der Waals surface area contributed by atoms with E-state index in [-0.39, 0.29) is 34.6 Å². The standard InChI is InChI=1S/C17H16ClFN2O5/c1-4-26-15(23)10-7-20(21-8-17(21,2)16(24)25-3)13-6-11(18)12(19)5-9(13)14(10)22/h5-7H,4,8H2,1-3H3. The van der Waals surface area contributed by atoms with Crippen molar-refractivity contribution in [3.05, 3.63) is 45.0 Å². The normalized spacial score (nSPS) is 18.7. The van der Waals surface area contributed by atoms with E-state index in [4.69, 9.17) is 21.1 Å². The smallest absolute Gasteiger partial charge is 0.343 e. The number of aromatic nitrogens is 1. The van der Waals surface area contributed by atoms with Gasteiger partial charge in [-0.1, -0.05) is 11.6 Å². The molecule has 1 atom stereocenters. The van der Waals surface area contributed by atoms with Gasteiger partial charge in [0.25, 0.3) is 0 Å². The van der Waals surface area contributed by atoms with Crippen LogP contribution in [0.1, 0.15) is 24.2 Å². The zero-order chi connectivity index (χ0) is 19.2. The third kappa shape index (κ3) is 2.70. The van der Waals surface area contributed by atoms with E-state index in [0.717, 1.165) is 6.07 Å². The van der Waals surface area contributed by atoms with E-state index in [1.807, 2.05) is 0 Å². The van der Waals surface area contributed by atoms with Gasteiger partial charge in [0, 0.05) is 6.20 Å². The summed E-state index contributed by atoms with van der Waals surface area (Å²) in [5.41, 5.74) is -1.64. The second kappa shape index (κ2) is 6.28. The van der Waals surface area contributed by atoms with Crippen LogP contribution in [0.5, 0.6) is 0 Å². The molecule has 0 saturated carbocycles. The predicted octanol–water partition coefficient (Wildman–Crippen LogP) is 1.85. The summed E-state index contributed by atoms with van der Waals surface area (Å²) in [7, 11) is 1.27. The molecule has 1 aromatic heterocycles.